The van der Waals surface area contributed by atoms with Gasteiger partial charge in [-0.1, -0.05) is 35.6 Å². The van der Waals surface area contributed by atoms with Crippen molar-refractivity contribution in [3.8, 4) is 0 Å². The van der Waals surface area contributed by atoms with Gasteiger partial charge in [0.15, 0.2) is 0 Å². The zero-order valence-corrected chi connectivity index (χ0v) is 16.1. The standard InChI is InChI=1S/C20H22N4O2S/c1-15-14-27-20(26)24(15)13-18(25)23-10-8-22(9-11-23)12-17-5-2-4-16-6-3-7-21-19(16)17/h2-7,14H,8-13H2,1H3. The molecule has 1 amide bonds. The van der Waals surface area contributed by atoms with Crippen LogP contribution in [0.5, 0.6) is 0 Å². The van der Waals surface area contributed by atoms with Crippen LogP contribution < -0.4 is 4.87 Å². The Bertz CT molecular complexity index is 1010. The molecule has 1 saturated heterocycles. The van der Waals surface area contributed by atoms with Crippen LogP contribution in [0.1, 0.15) is 11.3 Å². The summed E-state index contributed by atoms with van der Waals surface area (Å²) in [6.07, 6.45) is 1.83. The molecule has 0 bridgehead atoms. The van der Waals surface area contributed by atoms with Crippen molar-refractivity contribution in [2.45, 2.75) is 20.0 Å². The minimum Gasteiger partial charge on any atom is -0.339 e. The van der Waals surface area contributed by atoms with Gasteiger partial charge in [-0.05, 0) is 18.6 Å². The van der Waals surface area contributed by atoms with E-state index in [1.165, 1.54) is 5.56 Å². The molecule has 3 heterocycles. The Kier molecular flexibility index (Phi) is 5.05. The first-order valence-corrected chi connectivity index (χ1v) is 9.97. The quantitative estimate of drug-likeness (QED) is 0.694. The number of fused-ring (bicyclic) bond motifs is 1. The highest BCUT2D eigenvalue weighted by Gasteiger charge is 2.22. The highest BCUT2D eigenvalue weighted by Crippen LogP contribution is 2.18. The molecule has 0 aliphatic carbocycles. The van der Waals surface area contributed by atoms with E-state index in [0.717, 1.165) is 47.6 Å². The van der Waals surface area contributed by atoms with E-state index in [1.54, 1.807) is 9.95 Å². The topological polar surface area (TPSA) is 58.4 Å². The fraction of sp³-hybridized carbons (Fsp3) is 0.350. The molecule has 0 N–H and O–H groups in total. The third-order valence-corrected chi connectivity index (χ3v) is 5.99. The van der Waals surface area contributed by atoms with E-state index < -0.39 is 0 Å². The number of aromatic nitrogens is 2. The van der Waals surface area contributed by atoms with Crippen LogP contribution >= 0.6 is 11.3 Å². The van der Waals surface area contributed by atoms with Gasteiger partial charge < -0.3 is 4.90 Å². The molecule has 0 saturated carbocycles. The normalized spacial score (nSPS) is 15.4. The number of amides is 1. The summed E-state index contributed by atoms with van der Waals surface area (Å²) in [5, 5.41) is 2.95. The van der Waals surface area contributed by atoms with E-state index in [4.69, 9.17) is 0 Å². The smallest absolute Gasteiger partial charge is 0.307 e. The Morgan fingerprint density at radius 2 is 1.93 bits per heavy atom. The molecule has 0 atom stereocenters. The molecular weight excluding hydrogens is 360 g/mol. The van der Waals surface area contributed by atoms with Gasteiger partial charge in [-0.3, -0.25) is 24.0 Å². The SMILES string of the molecule is Cc1csc(=O)n1CC(=O)N1CCN(Cc2cccc3cccnc23)CC1. The number of benzene rings is 1. The number of hydrogen-bond acceptors (Lipinski definition) is 5. The molecule has 0 radical (unpaired) electrons. The van der Waals surface area contributed by atoms with Crippen LogP contribution in [0.4, 0.5) is 0 Å². The second-order valence-corrected chi connectivity index (χ2v) is 7.70. The van der Waals surface area contributed by atoms with Gasteiger partial charge in [0.25, 0.3) is 0 Å². The number of carbonyl (C=O) groups is 1. The molecule has 6 nitrogen and oxygen atoms in total. The van der Waals surface area contributed by atoms with Crippen molar-refractivity contribution in [1.29, 1.82) is 0 Å². The third-order valence-electron chi connectivity index (χ3n) is 5.11. The number of aryl methyl sites for hydroxylation is 1. The van der Waals surface area contributed by atoms with Gasteiger partial charge in [-0.25, -0.2) is 0 Å². The van der Waals surface area contributed by atoms with E-state index in [-0.39, 0.29) is 17.3 Å². The molecule has 1 aliphatic rings. The highest BCUT2D eigenvalue weighted by atomic mass is 32.1. The maximum Gasteiger partial charge on any atom is 0.307 e. The van der Waals surface area contributed by atoms with Crippen molar-refractivity contribution in [3.05, 3.63) is 62.8 Å². The molecule has 140 valence electrons. The minimum absolute atomic E-state index is 0.0186. The lowest BCUT2D eigenvalue weighted by Gasteiger charge is -2.35. The van der Waals surface area contributed by atoms with Crippen molar-refractivity contribution in [2.75, 3.05) is 26.2 Å². The maximum atomic E-state index is 12.6. The van der Waals surface area contributed by atoms with Gasteiger partial charge in [-0.2, -0.15) is 0 Å². The predicted octanol–water partition coefficient (Wildman–Crippen LogP) is 2.11. The van der Waals surface area contributed by atoms with E-state index in [2.05, 4.69) is 34.1 Å². The minimum atomic E-state index is -0.0667. The van der Waals surface area contributed by atoms with Gasteiger partial charge in [-0.15, -0.1) is 0 Å². The number of carbonyl (C=O) groups excluding carboxylic acids is 1. The van der Waals surface area contributed by atoms with E-state index >= 15 is 0 Å². The molecule has 0 spiro atoms. The fourth-order valence-corrected chi connectivity index (χ4v) is 4.26. The highest BCUT2D eigenvalue weighted by molar-refractivity contribution is 7.07. The third kappa shape index (κ3) is 3.79. The Labute approximate surface area is 161 Å². The molecule has 4 rings (SSSR count). The lowest BCUT2D eigenvalue weighted by Crippen LogP contribution is -2.49. The summed E-state index contributed by atoms with van der Waals surface area (Å²) < 4.78 is 1.56. The lowest BCUT2D eigenvalue weighted by molar-refractivity contribution is -0.133. The second kappa shape index (κ2) is 7.62. The van der Waals surface area contributed by atoms with E-state index in [9.17, 15) is 9.59 Å². The van der Waals surface area contributed by atoms with Crippen LogP contribution in [0.25, 0.3) is 10.9 Å². The molecule has 1 aliphatic heterocycles. The summed E-state index contributed by atoms with van der Waals surface area (Å²) in [6.45, 7) is 5.87. The lowest BCUT2D eigenvalue weighted by atomic mass is 10.1. The average molecular weight is 382 g/mol. The maximum absolute atomic E-state index is 12.6. The molecule has 3 aromatic rings. The molecule has 1 aromatic carbocycles. The predicted molar refractivity (Wildman–Crippen MR) is 107 cm³/mol. The average Bonchev–Trinajstić information content (AvgIpc) is 3.01. The van der Waals surface area contributed by atoms with Crippen LogP contribution in [0, 0.1) is 6.92 Å². The Hall–Kier alpha value is -2.51. The molecule has 7 heteroatoms. The number of rotatable bonds is 4. The van der Waals surface area contributed by atoms with E-state index in [0.29, 0.717) is 13.1 Å². The number of pyridine rings is 1. The molecule has 27 heavy (non-hydrogen) atoms. The number of hydrogen-bond donors (Lipinski definition) is 0. The largest absolute Gasteiger partial charge is 0.339 e. The van der Waals surface area contributed by atoms with Crippen LogP contribution in [0.15, 0.2) is 46.7 Å². The monoisotopic (exact) mass is 382 g/mol. The summed E-state index contributed by atoms with van der Waals surface area (Å²) in [5.41, 5.74) is 3.11. The zero-order valence-electron chi connectivity index (χ0n) is 15.3. The van der Waals surface area contributed by atoms with Gasteiger partial charge in [0, 0.05) is 55.4 Å². The number of thiazole rings is 1. The summed E-state index contributed by atoms with van der Waals surface area (Å²) in [5.74, 6) is 0.0186. The van der Waals surface area contributed by atoms with Crippen molar-refractivity contribution >= 4 is 28.1 Å². The fourth-order valence-electron chi connectivity index (χ4n) is 3.52. The summed E-state index contributed by atoms with van der Waals surface area (Å²) in [7, 11) is 0. The Morgan fingerprint density at radius 1 is 1.15 bits per heavy atom. The van der Waals surface area contributed by atoms with Crippen molar-refractivity contribution in [3.63, 3.8) is 0 Å². The van der Waals surface area contributed by atoms with Crippen LogP contribution in [0.3, 0.4) is 0 Å². The number of nitrogens with zero attached hydrogens (tertiary/aromatic N) is 4. The molecule has 0 unspecified atom stereocenters. The first-order valence-electron chi connectivity index (χ1n) is 9.09. The van der Waals surface area contributed by atoms with Crippen LogP contribution in [-0.4, -0.2) is 51.4 Å². The Morgan fingerprint density at radius 3 is 2.67 bits per heavy atom. The van der Waals surface area contributed by atoms with Gasteiger partial charge in [0.1, 0.15) is 6.54 Å². The van der Waals surface area contributed by atoms with Crippen molar-refractivity contribution in [2.24, 2.45) is 0 Å². The van der Waals surface area contributed by atoms with Crippen LogP contribution in [0.2, 0.25) is 0 Å². The number of para-hydroxylation sites is 1. The first kappa shape index (κ1) is 17.9. The van der Waals surface area contributed by atoms with Crippen molar-refractivity contribution in [1.82, 2.24) is 19.4 Å². The molecule has 2 aromatic heterocycles. The van der Waals surface area contributed by atoms with Crippen LogP contribution in [-0.2, 0) is 17.9 Å². The summed E-state index contributed by atoms with van der Waals surface area (Å²) in [6, 6.07) is 10.3. The van der Waals surface area contributed by atoms with Gasteiger partial charge >= 0.3 is 4.87 Å². The summed E-state index contributed by atoms with van der Waals surface area (Å²) in [4.78, 5) is 33.0. The second-order valence-electron chi connectivity index (χ2n) is 6.88. The van der Waals surface area contributed by atoms with Gasteiger partial charge in [0.2, 0.25) is 5.91 Å². The molecule has 1 fully saturated rings. The number of piperazine rings is 1. The zero-order chi connectivity index (χ0) is 18.8. The molecular formula is C20H22N4O2S. The summed E-state index contributed by atoms with van der Waals surface area (Å²) >= 11 is 1.14. The Balaban J connectivity index is 1.37. The van der Waals surface area contributed by atoms with Gasteiger partial charge in [0.05, 0.1) is 5.52 Å². The van der Waals surface area contributed by atoms with Crippen molar-refractivity contribution < 1.29 is 4.79 Å². The first-order chi connectivity index (χ1) is 13.1. The van der Waals surface area contributed by atoms with E-state index in [1.807, 2.05) is 24.1 Å².